The topological polar surface area (TPSA) is 80.1 Å². The van der Waals surface area contributed by atoms with Gasteiger partial charge in [0.1, 0.15) is 6.17 Å². The average Bonchev–Trinajstić information content (AvgIpc) is 2.86. The smallest absolute Gasteiger partial charge is 0.166 e. The monoisotopic (exact) mass is 476 g/mol. The van der Waals surface area contributed by atoms with Crippen LogP contribution in [-0.4, -0.2) is 98.0 Å². The van der Waals surface area contributed by atoms with Gasteiger partial charge in [0.2, 0.25) is 0 Å². The zero-order chi connectivity index (χ0) is 23.2. The molecule has 0 radical (unpaired) electrons. The van der Waals surface area contributed by atoms with Crippen LogP contribution < -0.4 is 11.1 Å². The second kappa shape index (κ2) is 9.77. The van der Waals surface area contributed by atoms with Crippen LogP contribution in [0.5, 0.6) is 0 Å². The number of ketones is 1. The highest BCUT2D eigenvalue weighted by atomic mass is 19.1. The Kier molecular flexibility index (Phi) is 6.71. The van der Waals surface area contributed by atoms with E-state index in [4.69, 9.17) is 15.2 Å². The van der Waals surface area contributed by atoms with Crippen molar-refractivity contribution in [2.75, 3.05) is 45.9 Å². The molecule has 6 rings (SSSR count). The minimum absolute atomic E-state index is 0.0385. The van der Waals surface area contributed by atoms with Crippen LogP contribution in [0, 0.1) is 17.8 Å². The molecule has 3 N–H and O–H groups in total. The van der Waals surface area contributed by atoms with Crippen LogP contribution in [0.1, 0.15) is 44.9 Å². The molecular formula is C26H41FN4O3. The molecule has 0 spiro atoms. The van der Waals surface area contributed by atoms with Crippen molar-refractivity contribution in [3.8, 4) is 0 Å². The standard InChI is InChI=1S/C26H41FN4O3/c27-20-13-19-24-26(23(20)29-5-6-30-7-9-33-10-8-30)34-22-12-17-4-2-1-3-16(17)11-21(22)31(24)15-18(14-28)25(19)32/h15-17,19-24,26,29H,1-14,28H2. The number of fused-ring (bicyclic) bond motifs is 3. The summed E-state index contributed by atoms with van der Waals surface area (Å²) in [5, 5.41) is 3.53. The second-order valence-corrected chi connectivity index (χ2v) is 11.4. The van der Waals surface area contributed by atoms with Crippen molar-refractivity contribution in [1.82, 2.24) is 15.1 Å². The van der Waals surface area contributed by atoms with E-state index < -0.39 is 6.17 Å². The Hall–Kier alpha value is -1.06. The molecule has 0 aromatic heterocycles. The Labute approximate surface area is 202 Å². The van der Waals surface area contributed by atoms with Crippen molar-refractivity contribution < 1.29 is 18.7 Å². The zero-order valence-electron chi connectivity index (χ0n) is 20.2. The average molecular weight is 477 g/mol. The van der Waals surface area contributed by atoms with Gasteiger partial charge in [-0.1, -0.05) is 25.7 Å². The number of carbonyl (C=O) groups is 1. The quantitative estimate of drug-likeness (QED) is 0.622. The van der Waals surface area contributed by atoms with E-state index in [1.807, 2.05) is 6.20 Å². The third kappa shape index (κ3) is 4.13. The van der Waals surface area contributed by atoms with Gasteiger partial charge in [-0.05, 0) is 31.1 Å². The molecule has 3 saturated carbocycles. The summed E-state index contributed by atoms with van der Waals surface area (Å²) in [6.07, 6.45) is 8.46. The minimum Gasteiger partial charge on any atom is -0.379 e. The number of alkyl halides is 1. The van der Waals surface area contributed by atoms with E-state index in [0.29, 0.717) is 5.57 Å². The summed E-state index contributed by atoms with van der Waals surface area (Å²) in [5.74, 6) is 1.16. The summed E-state index contributed by atoms with van der Waals surface area (Å²) in [6, 6.07) is -0.185. The molecule has 3 aliphatic heterocycles. The number of hydrogen-bond donors (Lipinski definition) is 2. The summed E-state index contributed by atoms with van der Waals surface area (Å²) in [4.78, 5) is 18.0. The lowest BCUT2D eigenvalue weighted by Crippen LogP contribution is -2.73. The highest BCUT2D eigenvalue weighted by Crippen LogP contribution is 2.50. The molecule has 190 valence electrons. The number of nitrogens with one attached hydrogen (secondary N) is 1. The van der Waals surface area contributed by atoms with Crippen molar-refractivity contribution >= 4 is 5.78 Å². The van der Waals surface area contributed by atoms with Gasteiger partial charge in [0.25, 0.3) is 0 Å². The first-order chi connectivity index (χ1) is 16.6. The lowest BCUT2D eigenvalue weighted by Gasteiger charge is -2.61. The number of rotatable bonds is 5. The number of carbonyl (C=O) groups excluding carboxylic acids is 1. The maximum Gasteiger partial charge on any atom is 0.166 e. The number of nitrogens with zero attached hydrogens (tertiary/aromatic N) is 2. The molecule has 34 heavy (non-hydrogen) atoms. The second-order valence-electron chi connectivity index (χ2n) is 11.4. The molecule has 0 amide bonds. The van der Waals surface area contributed by atoms with Gasteiger partial charge >= 0.3 is 0 Å². The number of ether oxygens (including phenoxy) is 2. The third-order valence-corrected chi connectivity index (χ3v) is 9.70. The van der Waals surface area contributed by atoms with Crippen LogP contribution in [0.2, 0.25) is 0 Å². The largest absolute Gasteiger partial charge is 0.379 e. The molecule has 8 heteroatoms. The summed E-state index contributed by atoms with van der Waals surface area (Å²) in [7, 11) is 0. The summed E-state index contributed by atoms with van der Waals surface area (Å²) < 4.78 is 28.0. The fourth-order valence-corrected chi connectivity index (χ4v) is 7.96. The van der Waals surface area contributed by atoms with Gasteiger partial charge < -0.3 is 25.4 Å². The molecule has 7 nitrogen and oxygen atoms in total. The number of halogens is 1. The minimum atomic E-state index is -1.10. The maximum absolute atomic E-state index is 15.7. The third-order valence-electron chi connectivity index (χ3n) is 9.70. The van der Waals surface area contributed by atoms with Crippen molar-refractivity contribution in [2.45, 2.75) is 81.5 Å². The van der Waals surface area contributed by atoms with E-state index >= 15 is 4.39 Å². The van der Waals surface area contributed by atoms with E-state index in [0.717, 1.165) is 64.1 Å². The summed E-state index contributed by atoms with van der Waals surface area (Å²) in [5.41, 5.74) is 6.66. The predicted octanol–water partition coefficient (Wildman–Crippen LogP) is 1.47. The van der Waals surface area contributed by atoms with E-state index in [9.17, 15) is 4.79 Å². The fourth-order valence-electron chi connectivity index (χ4n) is 7.96. The van der Waals surface area contributed by atoms with Crippen molar-refractivity contribution in [3.05, 3.63) is 11.8 Å². The molecule has 3 aliphatic carbocycles. The van der Waals surface area contributed by atoms with E-state index in [-0.39, 0.29) is 55.0 Å². The van der Waals surface area contributed by atoms with Gasteiger partial charge in [-0.25, -0.2) is 4.39 Å². The van der Waals surface area contributed by atoms with Gasteiger partial charge in [-0.15, -0.1) is 0 Å². The van der Waals surface area contributed by atoms with Crippen LogP contribution >= 0.6 is 0 Å². The SMILES string of the molecule is NCC1=CN2C3CC4CCCCC4CC3OC3C(NCCN4CCOCC4)C(F)CC(C1=O)C32. The first-order valence-electron chi connectivity index (χ1n) is 13.7. The van der Waals surface area contributed by atoms with Crippen LogP contribution in [0.3, 0.4) is 0 Å². The summed E-state index contributed by atoms with van der Waals surface area (Å²) in [6.45, 7) is 5.22. The van der Waals surface area contributed by atoms with Crippen molar-refractivity contribution in [2.24, 2.45) is 23.5 Å². The Balaban J connectivity index is 1.24. The molecule has 9 unspecified atom stereocenters. The predicted molar refractivity (Wildman–Crippen MR) is 127 cm³/mol. The summed E-state index contributed by atoms with van der Waals surface area (Å²) >= 11 is 0. The zero-order valence-corrected chi connectivity index (χ0v) is 20.2. The van der Waals surface area contributed by atoms with E-state index in [1.54, 1.807) is 0 Å². The van der Waals surface area contributed by atoms with Gasteiger partial charge in [0.05, 0.1) is 43.5 Å². The molecular weight excluding hydrogens is 435 g/mol. The molecule has 0 aromatic rings. The highest BCUT2D eigenvalue weighted by Gasteiger charge is 2.58. The van der Waals surface area contributed by atoms with Crippen LogP contribution in [-0.2, 0) is 14.3 Å². The molecule has 0 bridgehead atoms. The number of Topliss-reactive ketones (excluding diaryl/α,β-unsaturated/α-hetero) is 1. The lowest BCUT2D eigenvalue weighted by molar-refractivity contribution is -0.208. The molecule has 6 aliphatic rings. The van der Waals surface area contributed by atoms with Gasteiger partial charge in [0, 0.05) is 50.4 Å². The Morgan fingerprint density at radius 2 is 1.88 bits per heavy atom. The van der Waals surface area contributed by atoms with Crippen molar-refractivity contribution in [1.29, 1.82) is 0 Å². The lowest BCUT2D eigenvalue weighted by atomic mass is 9.65. The molecule has 3 heterocycles. The van der Waals surface area contributed by atoms with E-state index in [1.165, 1.54) is 25.7 Å². The first kappa shape index (κ1) is 23.3. The van der Waals surface area contributed by atoms with Gasteiger partial charge in [0.15, 0.2) is 5.78 Å². The number of morpholine rings is 2. The number of nitrogens with two attached hydrogens (primary N) is 1. The first-order valence-corrected chi connectivity index (χ1v) is 13.7. The molecule has 9 atom stereocenters. The Morgan fingerprint density at radius 1 is 1.12 bits per heavy atom. The number of hydrogen-bond acceptors (Lipinski definition) is 7. The normalized spacial score (nSPS) is 44.6. The maximum atomic E-state index is 15.7. The Morgan fingerprint density at radius 3 is 2.65 bits per heavy atom. The fraction of sp³-hybridized carbons (Fsp3) is 0.885. The van der Waals surface area contributed by atoms with E-state index in [2.05, 4.69) is 15.1 Å². The van der Waals surface area contributed by atoms with Crippen LogP contribution in [0.4, 0.5) is 4.39 Å². The van der Waals surface area contributed by atoms with Crippen molar-refractivity contribution in [3.63, 3.8) is 0 Å². The highest BCUT2D eigenvalue weighted by molar-refractivity contribution is 5.99. The van der Waals surface area contributed by atoms with Crippen LogP contribution in [0.15, 0.2) is 11.8 Å². The molecule has 5 fully saturated rings. The van der Waals surface area contributed by atoms with Gasteiger partial charge in [-0.3, -0.25) is 9.69 Å². The van der Waals surface area contributed by atoms with Crippen LogP contribution in [0.25, 0.3) is 0 Å². The van der Waals surface area contributed by atoms with Gasteiger partial charge in [-0.2, -0.15) is 0 Å². The molecule has 0 aromatic carbocycles. The Bertz CT molecular complexity index is 790. The molecule has 2 saturated heterocycles.